The SMILES string of the molecule is Cc1ccc(S(=O)(=O)NSC(=S)N2CCCCC2)cc1. The molecule has 0 aromatic heterocycles. The maximum absolute atomic E-state index is 12.1. The van der Waals surface area contributed by atoms with E-state index in [2.05, 4.69) is 9.03 Å². The molecule has 110 valence electrons. The summed E-state index contributed by atoms with van der Waals surface area (Å²) >= 11 is 6.28. The molecule has 7 heteroatoms. The molecule has 20 heavy (non-hydrogen) atoms. The molecule has 0 atom stereocenters. The molecule has 2 rings (SSSR count). The molecule has 0 amide bonds. The van der Waals surface area contributed by atoms with Gasteiger partial charge in [-0.2, -0.15) is 0 Å². The van der Waals surface area contributed by atoms with E-state index in [0.29, 0.717) is 4.32 Å². The molecule has 0 saturated carbocycles. The summed E-state index contributed by atoms with van der Waals surface area (Å²) < 4.78 is 27.3. The van der Waals surface area contributed by atoms with Gasteiger partial charge in [-0.1, -0.05) is 29.9 Å². The van der Waals surface area contributed by atoms with Gasteiger partial charge in [0.05, 0.1) is 4.90 Å². The fraction of sp³-hybridized carbons (Fsp3) is 0.462. The number of nitrogens with one attached hydrogen (secondary N) is 1. The average molecular weight is 331 g/mol. The van der Waals surface area contributed by atoms with Crippen molar-refractivity contribution in [1.29, 1.82) is 0 Å². The zero-order chi connectivity index (χ0) is 14.6. The standard InChI is InChI=1S/C13H18N2O2S3/c1-11-5-7-12(8-6-11)20(16,17)14-19-13(18)15-9-3-2-4-10-15/h5-8,14H,2-4,9-10H2,1H3. The van der Waals surface area contributed by atoms with Crippen LogP contribution in [0.25, 0.3) is 0 Å². The van der Waals surface area contributed by atoms with E-state index in [1.807, 2.05) is 6.92 Å². The molecule has 0 aliphatic carbocycles. The second-order valence-electron chi connectivity index (χ2n) is 4.82. The lowest BCUT2D eigenvalue weighted by atomic mass is 10.1. The number of nitrogens with zero attached hydrogens (tertiary/aromatic N) is 1. The molecule has 1 aromatic carbocycles. The normalized spacial score (nSPS) is 16.1. The second-order valence-corrected chi connectivity index (χ2v) is 8.20. The first kappa shape index (κ1) is 15.8. The smallest absolute Gasteiger partial charge is 0.250 e. The molecule has 0 bridgehead atoms. The van der Waals surface area contributed by atoms with Crippen molar-refractivity contribution in [1.82, 2.24) is 9.03 Å². The Labute approximate surface area is 130 Å². The van der Waals surface area contributed by atoms with Gasteiger partial charge < -0.3 is 4.90 Å². The Morgan fingerprint density at radius 2 is 1.80 bits per heavy atom. The molecule has 1 fully saturated rings. The van der Waals surface area contributed by atoms with Crippen LogP contribution in [0.1, 0.15) is 24.8 Å². The summed E-state index contributed by atoms with van der Waals surface area (Å²) in [5.74, 6) is 0. The van der Waals surface area contributed by atoms with Crippen LogP contribution in [-0.4, -0.2) is 30.7 Å². The van der Waals surface area contributed by atoms with Gasteiger partial charge in [0.25, 0.3) is 0 Å². The van der Waals surface area contributed by atoms with E-state index in [1.165, 1.54) is 6.42 Å². The van der Waals surface area contributed by atoms with Crippen molar-refractivity contribution in [3.8, 4) is 0 Å². The highest BCUT2D eigenvalue weighted by Gasteiger charge is 2.18. The minimum absolute atomic E-state index is 0.261. The first-order valence-electron chi connectivity index (χ1n) is 6.53. The number of hydrogen-bond acceptors (Lipinski definition) is 4. The van der Waals surface area contributed by atoms with E-state index in [9.17, 15) is 8.42 Å². The van der Waals surface area contributed by atoms with Crippen molar-refractivity contribution in [3.63, 3.8) is 0 Å². The fourth-order valence-corrected chi connectivity index (χ4v) is 4.40. The largest absolute Gasteiger partial charge is 0.356 e. The molecule has 1 saturated heterocycles. The van der Waals surface area contributed by atoms with E-state index in [-0.39, 0.29) is 4.90 Å². The minimum atomic E-state index is -3.51. The second kappa shape index (κ2) is 6.89. The van der Waals surface area contributed by atoms with Crippen molar-refractivity contribution in [2.24, 2.45) is 0 Å². The van der Waals surface area contributed by atoms with Crippen LogP contribution >= 0.6 is 24.2 Å². The zero-order valence-corrected chi connectivity index (χ0v) is 13.8. The van der Waals surface area contributed by atoms with Crippen molar-refractivity contribution >= 4 is 38.5 Å². The van der Waals surface area contributed by atoms with Crippen molar-refractivity contribution in [3.05, 3.63) is 29.8 Å². The Morgan fingerprint density at radius 1 is 1.20 bits per heavy atom. The molecule has 1 aromatic rings. The van der Waals surface area contributed by atoms with Gasteiger partial charge in [0.15, 0.2) is 4.32 Å². The van der Waals surface area contributed by atoms with E-state index in [0.717, 1.165) is 43.4 Å². The minimum Gasteiger partial charge on any atom is -0.356 e. The van der Waals surface area contributed by atoms with Crippen LogP contribution in [-0.2, 0) is 10.0 Å². The summed E-state index contributed by atoms with van der Waals surface area (Å²) in [6.07, 6.45) is 3.45. The van der Waals surface area contributed by atoms with Gasteiger partial charge in [0, 0.05) is 25.0 Å². The summed E-state index contributed by atoms with van der Waals surface area (Å²) in [6, 6.07) is 6.76. The number of benzene rings is 1. The van der Waals surface area contributed by atoms with Crippen LogP contribution in [0.2, 0.25) is 0 Å². The topological polar surface area (TPSA) is 49.4 Å². The van der Waals surface area contributed by atoms with E-state index in [1.54, 1.807) is 24.3 Å². The fourth-order valence-electron chi connectivity index (χ4n) is 2.00. The maximum Gasteiger partial charge on any atom is 0.250 e. The number of piperidine rings is 1. The van der Waals surface area contributed by atoms with Crippen LogP contribution in [0.15, 0.2) is 29.2 Å². The number of rotatable bonds is 3. The predicted molar refractivity (Wildman–Crippen MR) is 87.1 cm³/mol. The molecule has 1 aliphatic rings. The first-order valence-corrected chi connectivity index (χ1v) is 9.24. The van der Waals surface area contributed by atoms with Gasteiger partial charge >= 0.3 is 0 Å². The quantitative estimate of drug-likeness (QED) is 0.682. The van der Waals surface area contributed by atoms with Crippen LogP contribution in [0.4, 0.5) is 0 Å². The molecule has 0 radical (unpaired) electrons. The van der Waals surface area contributed by atoms with Gasteiger partial charge in [-0.15, -0.1) is 4.13 Å². The number of likely N-dealkylation sites (tertiary alicyclic amines) is 1. The molecule has 4 nitrogen and oxygen atoms in total. The summed E-state index contributed by atoms with van der Waals surface area (Å²) in [7, 11) is -3.51. The summed E-state index contributed by atoms with van der Waals surface area (Å²) in [5, 5.41) is 0. The molecule has 0 unspecified atom stereocenters. The van der Waals surface area contributed by atoms with Crippen LogP contribution in [0.3, 0.4) is 0 Å². The highest BCUT2D eigenvalue weighted by Crippen LogP contribution is 2.17. The summed E-state index contributed by atoms with van der Waals surface area (Å²) in [5.41, 5.74) is 1.03. The number of hydrogen-bond donors (Lipinski definition) is 1. The molecular weight excluding hydrogens is 312 g/mol. The summed E-state index contributed by atoms with van der Waals surface area (Å²) in [4.78, 5) is 2.32. The third-order valence-electron chi connectivity index (χ3n) is 3.18. The maximum atomic E-state index is 12.1. The van der Waals surface area contributed by atoms with Crippen molar-refractivity contribution in [2.45, 2.75) is 31.1 Å². The van der Waals surface area contributed by atoms with E-state index >= 15 is 0 Å². The predicted octanol–water partition coefficient (Wildman–Crippen LogP) is 2.69. The van der Waals surface area contributed by atoms with Crippen LogP contribution in [0, 0.1) is 6.92 Å². The molecule has 1 heterocycles. The monoisotopic (exact) mass is 330 g/mol. The molecular formula is C13H18N2O2S3. The highest BCUT2D eigenvalue weighted by atomic mass is 32.3. The molecule has 1 aliphatic heterocycles. The lowest BCUT2D eigenvalue weighted by molar-refractivity contribution is 0.352. The zero-order valence-electron chi connectivity index (χ0n) is 11.3. The van der Waals surface area contributed by atoms with Crippen molar-refractivity contribution < 1.29 is 8.42 Å². The van der Waals surface area contributed by atoms with Gasteiger partial charge in [-0.3, -0.25) is 0 Å². The number of thiocarbonyl (C=S) groups is 1. The Bertz CT molecular complexity index is 564. The van der Waals surface area contributed by atoms with E-state index in [4.69, 9.17) is 12.2 Å². The summed E-state index contributed by atoms with van der Waals surface area (Å²) in [6.45, 7) is 3.75. The molecule has 1 N–H and O–H groups in total. The Morgan fingerprint density at radius 3 is 2.40 bits per heavy atom. The molecule has 0 spiro atoms. The third kappa shape index (κ3) is 4.18. The van der Waals surface area contributed by atoms with Crippen LogP contribution in [0.5, 0.6) is 0 Å². The first-order chi connectivity index (χ1) is 9.49. The third-order valence-corrected chi connectivity index (χ3v) is 6.23. The van der Waals surface area contributed by atoms with Gasteiger partial charge in [0.2, 0.25) is 10.0 Å². The van der Waals surface area contributed by atoms with Gasteiger partial charge in [-0.25, -0.2) is 8.42 Å². The highest BCUT2D eigenvalue weighted by molar-refractivity contribution is 8.26. The lowest BCUT2D eigenvalue weighted by Gasteiger charge is -2.28. The number of aryl methyl sites for hydroxylation is 1. The average Bonchev–Trinajstić information content (AvgIpc) is 2.46. The Kier molecular flexibility index (Phi) is 5.42. The van der Waals surface area contributed by atoms with Gasteiger partial charge in [0.1, 0.15) is 0 Å². The van der Waals surface area contributed by atoms with Crippen LogP contribution < -0.4 is 4.13 Å². The Hall–Kier alpha value is -0.630. The number of sulfonamides is 1. The van der Waals surface area contributed by atoms with Gasteiger partial charge in [-0.05, 0) is 38.3 Å². The van der Waals surface area contributed by atoms with Crippen molar-refractivity contribution in [2.75, 3.05) is 13.1 Å². The Balaban J connectivity index is 1.95. The lowest BCUT2D eigenvalue weighted by Crippen LogP contribution is -2.34. The van der Waals surface area contributed by atoms with E-state index < -0.39 is 10.0 Å².